The molecule has 0 atom stereocenters. The molecule has 1 aromatic rings. The Morgan fingerprint density at radius 1 is 1.41 bits per heavy atom. The number of carbonyl (C=O) groups excluding carboxylic acids is 1. The van der Waals surface area contributed by atoms with Gasteiger partial charge in [-0.2, -0.15) is 0 Å². The van der Waals surface area contributed by atoms with Crippen LogP contribution in [0, 0.1) is 0 Å². The minimum absolute atomic E-state index is 0.0294. The predicted molar refractivity (Wildman–Crippen MR) is 67.7 cm³/mol. The number of phenols is 1. The Hall–Kier alpha value is -1.55. The number of phenolic OH excluding ortho intramolecular Hbond substituents is 1. The van der Waals surface area contributed by atoms with Crippen LogP contribution < -0.4 is 5.32 Å². The number of aromatic hydroxyl groups is 1. The zero-order valence-corrected chi connectivity index (χ0v) is 10.4. The van der Waals surface area contributed by atoms with Gasteiger partial charge in [-0.05, 0) is 19.0 Å². The molecule has 0 bridgehead atoms. The van der Waals surface area contributed by atoms with Gasteiger partial charge in [-0.1, -0.05) is 25.1 Å². The number of carbonyl (C=O) groups is 1. The molecule has 0 aliphatic heterocycles. The first-order chi connectivity index (χ1) is 8.15. The van der Waals surface area contributed by atoms with E-state index < -0.39 is 0 Å². The number of hydrogen-bond donors (Lipinski definition) is 2. The molecule has 4 heteroatoms. The fourth-order valence-corrected chi connectivity index (χ4v) is 1.50. The Labute approximate surface area is 102 Å². The Morgan fingerprint density at radius 3 is 2.76 bits per heavy atom. The van der Waals surface area contributed by atoms with Crippen LogP contribution >= 0.6 is 0 Å². The maximum Gasteiger partial charge on any atom is 0.236 e. The maximum atomic E-state index is 11.7. The van der Waals surface area contributed by atoms with Gasteiger partial charge in [0.25, 0.3) is 0 Å². The average Bonchev–Trinajstić information content (AvgIpc) is 2.32. The second-order valence-corrected chi connectivity index (χ2v) is 4.06. The molecule has 1 aromatic carbocycles. The van der Waals surface area contributed by atoms with E-state index in [1.54, 1.807) is 24.1 Å². The summed E-state index contributed by atoms with van der Waals surface area (Å²) in [6, 6.07) is 7.06. The Balaban J connectivity index is 2.46. The molecule has 0 aliphatic carbocycles. The van der Waals surface area contributed by atoms with E-state index in [0.717, 1.165) is 18.5 Å². The van der Waals surface area contributed by atoms with E-state index in [2.05, 4.69) is 12.2 Å². The van der Waals surface area contributed by atoms with Gasteiger partial charge < -0.3 is 15.3 Å². The van der Waals surface area contributed by atoms with Crippen molar-refractivity contribution in [2.75, 3.05) is 20.1 Å². The molecular weight excluding hydrogens is 216 g/mol. The molecule has 0 spiro atoms. The molecule has 0 saturated carbocycles. The first kappa shape index (κ1) is 13.5. The van der Waals surface area contributed by atoms with Crippen molar-refractivity contribution < 1.29 is 9.90 Å². The first-order valence-corrected chi connectivity index (χ1v) is 5.86. The van der Waals surface area contributed by atoms with Gasteiger partial charge in [0.2, 0.25) is 5.91 Å². The Morgan fingerprint density at radius 2 is 2.12 bits per heavy atom. The summed E-state index contributed by atoms with van der Waals surface area (Å²) in [5.74, 6) is 0.260. The van der Waals surface area contributed by atoms with E-state index in [9.17, 15) is 9.90 Å². The van der Waals surface area contributed by atoms with Crippen LogP contribution in [-0.4, -0.2) is 36.1 Å². The van der Waals surface area contributed by atoms with E-state index in [0.29, 0.717) is 13.1 Å². The van der Waals surface area contributed by atoms with Gasteiger partial charge in [0.15, 0.2) is 0 Å². The first-order valence-electron chi connectivity index (χ1n) is 5.86. The molecule has 17 heavy (non-hydrogen) atoms. The number of rotatable bonds is 6. The van der Waals surface area contributed by atoms with Crippen molar-refractivity contribution in [2.24, 2.45) is 0 Å². The summed E-state index contributed by atoms with van der Waals surface area (Å²) in [5, 5.41) is 12.7. The van der Waals surface area contributed by atoms with Crippen LogP contribution in [0.4, 0.5) is 0 Å². The van der Waals surface area contributed by atoms with Gasteiger partial charge in [-0.3, -0.25) is 4.79 Å². The van der Waals surface area contributed by atoms with Gasteiger partial charge in [0.1, 0.15) is 5.75 Å². The van der Waals surface area contributed by atoms with Crippen molar-refractivity contribution in [1.82, 2.24) is 10.2 Å². The van der Waals surface area contributed by atoms with Crippen LogP contribution in [0.15, 0.2) is 24.3 Å². The van der Waals surface area contributed by atoms with Gasteiger partial charge in [0.05, 0.1) is 6.54 Å². The van der Waals surface area contributed by atoms with Crippen LogP contribution in [0.2, 0.25) is 0 Å². The third-order valence-corrected chi connectivity index (χ3v) is 2.53. The van der Waals surface area contributed by atoms with Crippen molar-refractivity contribution in [3.8, 4) is 5.75 Å². The smallest absolute Gasteiger partial charge is 0.236 e. The molecule has 0 radical (unpaired) electrons. The number of amides is 1. The minimum atomic E-state index is 0.0294. The lowest BCUT2D eigenvalue weighted by Crippen LogP contribution is -2.35. The highest BCUT2D eigenvalue weighted by Gasteiger charge is 2.10. The van der Waals surface area contributed by atoms with E-state index in [-0.39, 0.29) is 11.7 Å². The number of hydrogen-bond acceptors (Lipinski definition) is 3. The van der Waals surface area contributed by atoms with Crippen molar-refractivity contribution in [1.29, 1.82) is 0 Å². The monoisotopic (exact) mass is 236 g/mol. The molecule has 0 unspecified atom stereocenters. The van der Waals surface area contributed by atoms with Gasteiger partial charge in [0, 0.05) is 19.2 Å². The van der Waals surface area contributed by atoms with E-state index in [1.807, 2.05) is 12.1 Å². The van der Waals surface area contributed by atoms with Gasteiger partial charge in [-0.15, -0.1) is 0 Å². The molecule has 0 heterocycles. The van der Waals surface area contributed by atoms with Crippen LogP contribution in [0.25, 0.3) is 0 Å². The molecule has 94 valence electrons. The zero-order valence-electron chi connectivity index (χ0n) is 10.4. The van der Waals surface area contributed by atoms with E-state index in [1.165, 1.54) is 0 Å². The maximum absolute atomic E-state index is 11.7. The fraction of sp³-hybridized carbons (Fsp3) is 0.462. The molecule has 1 rings (SSSR count). The number of nitrogens with one attached hydrogen (secondary N) is 1. The zero-order chi connectivity index (χ0) is 12.7. The van der Waals surface area contributed by atoms with Crippen LogP contribution in [0.1, 0.15) is 18.9 Å². The lowest BCUT2D eigenvalue weighted by molar-refractivity contribution is -0.129. The molecule has 0 saturated heterocycles. The molecule has 0 aliphatic rings. The van der Waals surface area contributed by atoms with Crippen molar-refractivity contribution >= 4 is 5.91 Å². The second-order valence-electron chi connectivity index (χ2n) is 4.06. The van der Waals surface area contributed by atoms with Crippen molar-refractivity contribution in [3.63, 3.8) is 0 Å². The highest BCUT2D eigenvalue weighted by molar-refractivity contribution is 5.78. The van der Waals surface area contributed by atoms with Crippen LogP contribution in [-0.2, 0) is 11.3 Å². The summed E-state index contributed by atoms with van der Waals surface area (Å²) >= 11 is 0. The largest absolute Gasteiger partial charge is 0.508 e. The van der Waals surface area contributed by atoms with Crippen molar-refractivity contribution in [2.45, 2.75) is 19.9 Å². The second kappa shape index (κ2) is 6.91. The summed E-state index contributed by atoms with van der Waals surface area (Å²) < 4.78 is 0. The Kier molecular flexibility index (Phi) is 5.49. The van der Waals surface area contributed by atoms with E-state index >= 15 is 0 Å². The van der Waals surface area contributed by atoms with Crippen molar-refractivity contribution in [3.05, 3.63) is 29.8 Å². The normalized spacial score (nSPS) is 10.2. The van der Waals surface area contributed by atoms with Crippen LogP contribution in [0.3, 0.4) is 0 Å². The average molecular weight is 236 g/mol. The summed E-state index contributed by atoms with van der Waals surface area (Å²) in [6.07, 6.45) is 1.01. The summed E-state index contributed by atoms with van der Waals surface area (Å²) in [5.41, 5.74) is 0.763. The molecule has 4 nitrogen and oxygen atoms in total. The van der Waals surface area contributed by atoms with E-state index in [4.69, 9.17) is 0 Å². The molecule has 1 amide bonds. The quantitative estimate of drug-likeness (QED) is 0.733. The number of likely N-dealkylation sites (N-methyl/N-ethyl adjacent to an activating group) is 1. The highest BCUT2D eigenvalue weighted by Crippen LogP contribution is 2.16. The standard InChI is InChI=1S/C13H20N2O2/c1-3-8-14-9-13(17)15(2)10-11-6-4-5-7-12(11)16/h4-7,14,16H,3,8-10H2,1-2H3. The van der Waals surface area contributed by atoms with Crippen LogP contribution in [0.5, 0.6) is 5.75 Å². The molecule has 2 N–H and O–H groups in total. The number of benzene rings is 1. The third kappa shape index (κ3) is 4.44. The third-order valence-electron chi connectivity index (χ3n) is 2.53. The lowest BCUT2D eigenvalue weighted by atomic mass is 10.2. The predicted octanol–water partition coefficient (Wildman–Crippen LogP) is 1.35. The number of nitrogens with zero attached hydrogens (tertiary/aromatic N) is 1. The Bertz CT molecular complexity index is 366. The highest BCUT2D eigenvalue weighted by atomic mass is 16.3. The summed E-state index contributed by atoms with van der Waals surface area (Å²) in [6.45, 7) is 3.68. The fourth-order valence-electron chi connectivity index (χ4n) is 1.50. The minimum Gasteiger partial charge on any atom is -0.508 e. The molecular formula is C13H20N2O2. The summed E-state index contributed by atoms with van der Waals surface area (Å²) in [4.78, 5) is 13.3. The number of para-hydroxylation sites is 1. The summed E-state index contributed by atoms with van der Waals surface area (Å²) in [7, 11) is 1.74. The molecule has 0 aromatic heterocycles. The lowest BCUT2D eigenvalue weighted by Gasteiger charge is -2.18. The van der Waals surface area contributed by atoms with Gasteiger partial charge >= 0.3 is 0 Å². The SMILES string of the molecule is CCCNCC(=O)N(C)Cc1ccccc1O. The van der Waals surface area contributed by atoms with Gasteiger partial charge in [-0.25, -0.2) is 0 Å². The topological polar surface area (TPSA) is 52.6 Å². The molecule has 0 fully saturated rings.